The minimum Gasteiger partial charge on any atom is -0.389 e. The van der Waals surface area contributed by atoms with E-state index in [9.17, 15) is 10.2 Å². The summed E-state index contributed by atoms with van der Waals surface area (Å²) in [5.41, 5.74) is -1.62. The van der Waals surface area contributed by atoms with Gasteiger partial charge in [0.15, 0.2) is 5.79 Å². The molecule has 1 heterocycles. The van der Waals surface area contributed by atoms with E-state index in [1.54, 1.807) is 26.2 Å². The van der Waals surface area contributed by atoms with Crippen LogP contribution in [0, 0.1) is 11.3 Å². The zero-order chi connectivity index (χ0) is 17.1. The van der Waals surface area contributed by atoms with E-state index < -0.39 is 22.9 Å². The van der Waals surface area contributed by atoms with Gasteiger partial charge >= 0.3 is 0 Å². The lowest BCUT2D eigenvalue weighted by molar-refractivity contribution is -0.261. The molecule has 2 unspecified atom stereocenters. The summed E-state index contributed by atoms with van der Waals surface area (Å²) < 4.78 is 22.2. The van der Waals surface area contributed by atoms with Crippen molar-refractivity contribution in [1.29, 1.82) is 0 Å². The first kappa shape index (κ1) is 18.8. The topological polar surface area (TPSA) is 77.4 Å². The molecular weight excluding hydrogens is 300 g/mol. The van der Waals surface area contributed by atoms with Gasteiger partial charge in [0.05, 0.1) is 31.5 Å². The van der Waals surface area contributed by atoms with E-state index in [4.69, 9.17) is 18.9 Å². The van der Waals surface area contributed by atoms with Gasteiger partial charge in [-0.15, -0.1) is 0 Å². The molecule has 2 N–H and O–H groups in total. The van der Waals surface area contributed by atoms with Crippen LogP contribution in [0.25, 0.3) is 0 Å². The van der Waals surface area contributed by atoms with E-state index in [2.05, 4.69) is 0 Å². The normalized spacial score (nSPS) is 34.3. The second kappa shape index (κ2) is 7.17. The molecule has 0 aromatic carbocycles. The summed E-state index contributed by atoms with van der Waals surface area (Å²) in [7, 11) is 1.56. The van der Waals surface area contributed by atoms with Gasteiger partial charge in [0, 0.05) is 31.3 Å². The van der Waals surface area contributed by atoms with Crippen LogP contribution in [-0.2, 0) is 18.9 Å². The van der Waals surface area contributed by atoms with Crippen molar-refractivity contribution in [3.8, 4) is 0 Å². The van der Waals surface area contributed by atoms with Crippen LogP contribution >= 0.6 is 0 Å². The Hall–Kier alpha value is -0.500. The van der Waals surface area contributed by atoms with Gasteiger partial charge in [-0.25, -0.2) is 0 Å². The van der Waals surface area contributed by atoms with Crippen molar-refractivity contribution < 1.29 is 29.2 Å². The summed E-state index contributed by atoms with van der Waals surface area (Å²) in [6, 6.07) is 0. The van der Waals surface area contributed by atoms with Crippen molar-refractivity contribution in [3.05, 3.63) is 12.2 Å². The van der Waals surface area contributed by atoms with Crippen LogP contribution in [0.1, 0.15) is 33.6 Å². The maximum Gasteiger partial charge on any atom is 0.169 e. The molecule has 0 aromatic heterocycles. The lowest BCUT2D eigenvalue weighted by Gasteiger charge is -2.54. The summed E-state index contributed by atoms with van der Waals surface area (Å²) in [5.74, 6) is -0.885. The standard InChI is InChI=1S/C17H30O6/c1-13(18)5-6-17(19)14(10-21-12-20-4)9-16(11-15(17,2)3)22-7-8-23-16/h5-6,13-14,18-19H,7-12H2,1-4H3/b6-5+/t13-,14?,17?/m1/s1. The monoisotopic (exact) mass is 330 g/mol. The maximum absolute atomic E-state index is 11.4. The van der Waals surface area contributed by atoms with Crippen LogP contribution in [0.3, 0.4) is 0 Å². The fraction of sp³-hybridized carbons (Fsp3) is 0.882. The lowest BCUT2D eigenvalue weighted by Crippen LogP contribution is -2.60. The van der Waals surface area contributed by atoms with Crippen LogP contribution in [0.5, 0.6) is 0 Å². The molecule has 1 aliphatic carbocycles. The first-order valence-electron chi connectivity index (χ1n) is 8.19. The van der Waals surface area contributed by atoms with Gasteiger partial charge in [-0.1, -0.05) is 26.0 Å². The quantitative estimate of drug-likeness (QED) is 0.436. The predicted molar refractivity (Wildman–Crippen MR) is 84.7 cm³/mol. The van der Waals surface area contributed by atoms with Crippen molar-refractivity contribution >= 4 is 0 Å². The summed E-state index contributed by atoms with van der Waals surface area (Å²) in [6.07, 6.45) is 3.84. The van der Waals surface area contributed by atoms with Gasteiger partial charge in [0.1, 0.15) is 6.79 Å². The zero-order valence-corrected chi connectivity index (χ0v) is 14.6. The summed E-state index contributed by atoms with van der Waals surface area (Å²) >= 11 is 0. The molecule has 1 spiro atoms. The number of methoxy groups -OCH3 is 1. The molecule has 0 aromatic rings. The molecule has 0 amide bonds. The predicted octanol–water partition coefficient (Wildman–Crippen LogP) is 1.45. The van der Waals surface area contributed by atoms with Gasteiger partial charge in [-0.05, 0) is 6.92 Å². The van der Waals surface area contributed by atoms with Crippen LogP contribution in [0.4, 0.5) is 0 Å². The second-order valence-electron chi connectivity index (χ2n) is 7.27. The number of hydrogen-bond acceptors (Lipinski definition) is 6. The SMILES string of the molecule is COCOCC1CC2(CC(C)(C)C1(O)/C=C/[C@@H](C)O)OCCO2. The first-order chi connectivity index (χ1) is 10.7. The molecule has 0 radical (unpaired) electrons. The Labute approximate surface area is 138 Å². The Morgan fingerprint density at radius 3 is 2.52 bits per heavy atom. The van der Waals surface area contributed by atoms with Gasteiger partial charge < -0.3 is 29.2 Å². The number of rotatable bonds is 6. The Kier molecular flexibility index (Phi) is 5.87. The molecule has 134 valence electrons. The molecule has 1 saturated heterocycles. The Balaban J connectivity index is 2.27. The Bertz CT molecular complexity index is 413. The highest BCUT2D eigenvalue weighted by molar-refractivity contribution is 5.17. The average Bonchev–Trinajstić information content (AvgIpc) is 2.90. The average molecular weight is 330 g/mol. The fourth-order valence-electron chi connectivity index (χ4n) is 3.79. The molecule has 1 aliphatic heterocycles. The Morgan fingerprint density at radius 1 is 1.30 bits per heavy atom. The van der Waals surface area contributed by atoms with Gasteiger partial charge in [0.25, 0.3) is 0 Å². The molecule has 3 atom stereocenters. The molecule has 6 heteroatoms. The van der Waals surface area contributed by atoms with Crippen LogP contribution in [-0.4, -0.2) is 61.4 Å². The molecule has 6 nitrogen and oxygen atoms in total. The van der Waals surface area contributed by atoms with E-state index >= 15 is 0 Å². The van der Waals surface area contributed by atoms with E-state index in [1.165, 1.54) is 0 Å². The van der Waals surface area contributed by atoms with Crippen molar-refractivity contribution in [2.24, 2.45) is 11.3 Å². The zero-order valence-electron chi connectivity index (χ0n) is 14.6. The highest BCUT2D eigenvalue weighted by atomic mass is 16.7. The third-order valence-electron chi connectivity index (χ3n) is 4.94. The molecule has 2 rings (SSSR count). The lowest BCUT2D eigenvalue weighted by atomic mass is 9.58. The van der Waals surface area contributed by atoms with Gasteiger partial charge in [0.2, 0.25) is 0 Å². The third-order valence-corrected chi connectivity index (χ3v) is 4.94. The molecule has 2 aliphatic rings. The minimum absolute atomic E-state index is 0.168. The highest BCUT2D eigenvalue weighted by Gasteiger charge is 2.59. The number of ether oxygens (including phenoxy) is 4. The largest absolute Gasteiger partial charge is 0.389 e. The van der Waals surface area contributed by atoms with E-state index in [0.717, 1.165) is 0 Å². The molecular formula is C17H30O6. The van der Waals surface area contributed by atoms with Crippen LogP contribution in [0.15, 0.2) is 12.2 Å². The number of aliphatic hydroxyl groups is 2. The van der Waals surface area contributed by atoms with Crippen LogP contribution < -0.4 is 0 Å². The molecule has 1 saturated carbocycles. The van der Waals surface area contributed by atoms with Crippen molar-refractivity contribution in [2.45, 2.75) is 51.1 Å². The van der Waals surface area contributed by atoms with Crippen molar-refractivity contribution in [2.75, 3.05) is 33.7 Å². The minimum atomic E-state index is -1.13. The van der Waals surface area contributed by atoms with Crippen molar-refractivity contribution in [1.82, 2.24) is 0 Å². The first-order valence-corrected chi connectivity index (χ1v) is 8.19. The summed E-state index contributed by atoms with van der Waals surface area (Å²) in [5, 5.41) is 21.0. The van der Waals surface area contributed by atoms with Gasteiger partial charge in [-0.3, -0.25) is 0 Å². The molecule has 23 heavy (non-hydrogen) atoms. The summed E-state index contributed by atoms with van der Waals surface area (Å²) in [6.45, 7) is 7.29. The maximum atomic E-state index is 11.4. The fourth-order valence-corrected chi connectivity index (χ4v) is 3.79. The Morgan fingerprint density at radius 2 is 1.96 bits per heavy atom. The number of hydrogen-bond donors (Lipinski definition) is 2. The number of aliphatic hydroxyl groups excluding tert-OH is 1. The third kappa shape index (κ3) is 3.95. The summed E-state index contributed by atoms with van der Waals surface area (Å²) in [4.78, 5) is 0. The second-order valence-corrected chi connectivity index (χ2v) is 7.27. The van der Waals surface area contributed by atoms with E-state index in [-0.39, 0.29) is 12.7 Å². The highest BCUT2D eigenvalue weighted by Crippen LogP contribution is 2.54. The molecule has 2 fully saturated rings. The smallest absolute Gasteiger partial charge is 0.169 e. The van der Waals surface area contributed by atoms with Gasteiger partial charge in [-0.2, -0.15) is 0 Å². The van der Waals surface area contributed by atoms with Crippen LogP contribution in [0.2, 0.25) is 0 Å². The van der Waals surface area contributed by atoms with Crippen molar-refractivity contribution in [3.63, 3.8) is 0 Å². The van der Waals surface area contributed by atoms with E-state index in [1.807, 2.05) is 13.8 Å². The van der Waals surface area contributed by atoms with E-state index in [0.29, 0.717) is 32.7 Å². The molecule has 0 bridgehead atoms.